The number of hydrogen-bond donors (Lipinski definition) is 2. The number of nitrogens with one attached hydrogen (secondary N) is 1. The third kappa shape index (κ3) is 3.84. The lowest BCUT2D eigenvalue weighted by Crippen LogP contribution is -2.11. The fourth-order valence-corrected chi connectivity index (χ4v) is 1.08. The summed E-state index contributed by atoms with van der Waals surface area (Å²) in [6, 6.07) is 9.69. The van der Waals surface area contributed by atoms with E-state index in [0.29, 0.717) is 5.57 Å². The van der Waals surface area contributed by atoms with Gasteiger partial charge in [0.25, 0.3) is 0 Å². The largest absolute Gasteiger partial charge is 0.366 e. The third-order valence-electron chi connectivity index (χ3n) is 1.90. The Morgan fingerprint density at radius 1 is 1.31 bits per heavy atom. The molecule has 3 N–H and O–H groups in total. The Labute approximate surface area is 95.0 Å². The van der Waals surface area contributed by atoms with Crippen molar-refractivity contribution in [1.29, 1.82) is 0 Å². The second-order valence-electron chi connectivity index (χ2n) is 3.06. The zero-order valence-corrected chi connectivity index (χ0v) is 8.89. The SMILES string of the molecule is C=C/C(=C\C=C/Nc1ccccc1)C(N)=O. The van der Waals surface area contributed by atoms with E-state index in [0.717, 1.165) is 5.69 Å². The number of carbonyl (C=O) groups is 1. The smallest absolute Gasteiger partial charge is 0.248 e. The van der Waals surface area contributed by atoms with E-state index < -0.39 is 5.91 Å². The molecule has 0 aliphatic carbocycles. The first-order valence-electron chi connectivity index (χ1n) is 4.84. The Bertz CT molecular complexity index is 419. The molecule has 0 atom stereocenters. The Balaban J connectivity index is 2.56. The number of allylic oxidation sites excluding steroid dienone is 2. The number of hydrogen-bond acceptors (Lipinski definition) is 2. The van der Waals surface area contributed by atoms with Crippen LogP contribution in [-0.2, 0) is 4.79 Å². The van der Waals surface area contributed by atoms with Crippen LogP contribution in [-0.4, -0.2) is 5.91 Å². The number of benzene rings is 1. The van der Waals surface area contributed by atoms with E-state index in [1.54, 1.807) is 18.4 Å². The number of nitrogens with two attached hydrogens (primary N) is 1. The van der Waals surface area contributed by atoms with Gasteiger partial charge >= 0.3 is 0 Å². The van der Waals surface area contributed by atoms with Gasteiger partial charge in [-0.25, -0.2) is 0 Å². The van der Waals surface area contributed by atoms with Crippen molar-refractivity contribution in [3.8, 4) is 0 Å². The molecule has 0 saturated heterocycles. The van der Waals surface area contributed by atoms with E-state index in [4.69, 9.17) is 5.73 Å². The van der Waals surface area contributed by atoms with Gasteiger partial charge in [0.1, 0.15) is 0 Å². The maximum Gasteiger partial charge on any atom is 0.248 e. The maximum absolute atomic E-state index is 10.8. The van der Waals surface area contributed by atoms with E-state index in [1.807, 2.05) is 30.3 Å². The Hall–Kier alpha value is -2.29. The average molecular weight is 214 g/mol. The van der Waals surface area contributed by atoms with Crippen molar-refractivity contribution >= 4 is 11.6 Å². The highest BCUT2D eigenvalue weighted by Crippen LogP contribution is 2.04. The van der Waals surface area contributed by atoms with Crippen LogP contribution < -0.4 is 11.1 Å². The van der Waals surface area contributed by atoms with E-state index in [2.05, 4.69) is 11.9 Å². The highest BCUT2D eigenvalue weighted by Gasteiger charge is 1.95. The molecule has 0 unspecified atom stereocenters. The van der Waals surface area contributed by atoms with Crippen molar-refractivity contribution in [3.63, 3.8) is 0 Å². The maximum atomic E-state index is 10.8. The summed E-state index contributed by atoms with van der Waals surface area (Å²) < 4.78 is 0. The molecule has 1 aromatic carbocycles. The predicted molar refractivity (Wildman–Crippen MR) is 66.7 cm³/mol. The summed E-state index contributed by atoms with van der Waals surface area (Å²) in [7, 11) is 0. The van der Waals surface area contributed by atoms with Gasteiger partial charge in [-0.05, 0) is 24.3 Å². The van der Waals surface area contributed by atoms with Crippen molar-refractivity contribution in [2.24, 2.45) is 5.73 Å². The van der Waals surface area contributed by atoms with Crippen molar-refractivity contribution < 1.29 is 4.79 Å². The van der Waals surface area contributed by atoms with Gasteiger partial charge < -0.3 is 11.1 Å². The van der Waals surface area contributed by atoms with E-state index in [9.17, 15) is 4.79 Å². The minimum Gasteiger partial charge on any atom is -0.366 e. The zero-order valence-electron chi connectivity index (χ0n) is 8.89. The fourth-order valence-electron chi connectivity index (χ4n) is 1.08. The van der Waals surface area contributed by atoms with Crippen molar-refractivity contribution in [2.45, 2.75) is 0 Å². The molecule has 0 aliphatic heterocycles. The quantitative estimate of drug-likeness (QED) is 0.583. The van der Waals surface area contributed by atoms with Gasteiger partial charge in [-0.1, -0.05) is 30.9 Å². The Morgan fingerprint density at radius 3 is 2.56 bits per heavy atom. The standard InChI is InChI=1S/C13H14N2O/c1-2-11(13(14)16)7-6-10-15-12-8-4-3-5-9-12/h2-10,15H,1H2,(H2,14,16)/b10-6-,11-7+. The number of amides is 1. The van der Waals surface area contributed by atoms with E-state index in [-0.39, 0.29) is 0 Å². The highest BCUT2D eigenvalue weighted by molar-refractivity contribution is 5.94. The predicted octanol–water partition coefficient (Wildman–Crippen LogP) is 2.21. The molecule has 0 fully saturated rings. The number of rotatable bonds is 5. The van der Waals surface area contributed by atoms with Crippen LogP contribution in [0, 0.1) is 0 Å². The number of primary amides is 1. The topological polar surface area (TPSA) is 55.1 Å². The zero-order chi connectivity index (χ0) is 11.8. The van der Waals surface area contributed by atoms with Crippen LogP contribution in [0.15, 0.2) is 66.9 Å². The molecule has 82 valence electrons. The lowest BCUT2D eigenvalue weighted by molar-refractivity contribution is -0.114. The van der Waals surface area contributed by atoms with Crippen LogP contribution in [0.3, 0.4) is 0 Å². The number of anilines is 1. The van der Waals surface area contributed by atoms with Gasteiger partial charge in [0.05, 0.1) is 0 Å². The first-order valence-corrected chi connectivity index (χ1v) is 4.84. The first kappa shape index (κ1) is 11.8. The summed E-state index contributed by atoms with van der Waals surface area (Å²) in [4.78, 5) is 10.8. The van der Waals surface area contributed by atoms with Gasteiger partial charge in [0, 0.05) is 17.5 Å². The second kappa shape index (κ2) is 6.24. The minimum atomic E-state index is -0.487. The van der Waals surface area contributed by atoms with Gasteiger partial charge in [-0.2, -0.15) is 0 Å². The van der Waals surface area contributed by atoms with Crippen molar-refractivity contribution in [3.05, 3.63) is 66.9 Å². The average Bonchev–Trinajstić information content (AvgIpc) is 2.30. The molecule has 1 rings (SSSR count). The Morgan fingerprint density at radius 2 is 2.00 bits per heavy atom. The molecular weight excluding hydrogens is 200 g/mol. The summed E-state index contributed by atoms with van der Waals surface area (Å²) in [5, 5.41) is 3.05. The lowest BCUT2D eigenvalue weighted by atomic mass is 10.2. The summed E-state index contributed by atoms with van der Waals surface area (Å²) in [6.07, 6.45) is 6.46. The summed E-state index contributed by atoms with van der Waals surface area (Å²) >= 11 is 0. The molecule has 1 amide bonds. The first-order chi connectivity index (χ1) is 7.74. The van der Waals surface area contributed by atoms with Gasteiger partial charge in [0.2, 0.25) is 5.91 Å². The van der Waals surface area contributed by atoms with Gasteiger partial charge in [0.15, 0.2) is 0 Å². The van der Waals surface area contributed by atoms with Crippen molar-refractivity contribution in [1.82, 2.24) is 0 Å². The third-order valence-corrected chi connectivity index (χ3v) is 1.90. The summed E-state index contributed by atoms with van der Waals surface area (Å²) in [6.45, 7) is 3.50. The molecule has 3 nitrogen and oxygen atoms in total. The molecule has 0 saturated carbocycles. The van der Waals surface area contributed by atoms with Crippen LogP contribution in [0.1, 0.15) is 0 Å². The van der Waals surface area contributed by atoms with Gasteiger partial charge in [-0.15, -0.1) is 0 Å². The second-order valence-corrected chi connectivity index (χ2v) is 3.06. The van der Waals surface area contributed by atoms with Crippen LogP contribution in [0.25, 0.3) is 0 Å². The molecule has 3 heteroatoms. The molecule has 16 heavy (non-hydrogen) atoms. The van der Waals surface area contributed by atoms with Gasteiger partial charge in [-0.3, -0.25) is 4.79 Å². The number of para-hydroxylation sites is 1. The monoisotopic (exact) mass is 214 g/mol. The van der Waals surface area contributed by atoms with Crippen molar-refractivity contribution in [2.75, 3.05) is 5.32 Å². The molecule has 0 heterocycles. The molecule has 0 aromatic heterocycles. The summed E-state index contributed by atoms with van der Waals surface area (Å²) in [5.74, 6) is -0.487. The highest BCUT2D eigenvalue weighted by atomic mass is 16.1. The molecule has 1 aromatic rings. The Kier molecular flexibility index (Phi) is 4.60. The number of carbonyl (C=O) groups excluding carboxylic acids is 1. The fraction of sp³-hybridized carbons (Fsp3) is 0. The van der Waals surface area contributed by atoms with E-state index >= 15 is 0 Å². The molecule has 0 spiro atoms. The summed E-state index contributed by atoms with van der Waals surface area (Å²) in [5.41, 5.74) is 6.47. The minimum absolute atomic E-state index is 0.381. The van der Waals surface area contributed by atoms with Crippen LogP contribution in [0.4, 0.5) is 5.69 Å². The molecule has 0 aliphatic rings. The molecule has 0 radical (unpaired) electrons. The lowest BCUT2D eigenvalue weighted by Gasteiger charge is -1.97. The van der Waals surface area contributed by atoms with Crippen LogP contribution in [0.5, 0.6) is 0 Å². The normalized spacial score (nSPS) is 11.4. The van der Waals surface area contributed by atoms with Crippen LogP contribution >= 0.6 is 0 Å². The molecule has 0 bridgehead atoms. The molecular formula is C13H14N2O. The van der Waals surface area contributed by atoms with Crippen LogP contribution in [0.2, 0.25) is 0 Å². The van der Waals surface area contributed by atoms with E-state index in [1.165, 1.54) is 6.08 Å².